The first-order valence-corrected chi connectivity index (χ1v) is 3.28. The van der Waals surface area contributed by atoms with Crippen molar-refractivity contribution in [2.75, 3.05) is 0 Å². The maximum Gasteiger partial charge on any atom is 0.0946 e. The summed E-state index contributed by atoms with van der Waals surface area (Å²) in [6.07, 6.45) is 1.99. The molecule has 0 aliphatic carbocycles. The molecular weight excluding hydrogens is 110 g/mol. The summed E-state index contributed by atoms with van der Waals surface area (Å²) in [6, 6.07) is 2.18. The summed E-state index contributed by atoms with van der Waals surface area (Å²) in [6.45, 7) is 6.04. The van der Waals surface area contributed by atoms with Crippen molar-refractivity contribution in [1.29, 1.82) is 5.26 Å². The smallest absolute Gasteiger partial charge is 0.0946 e. The Morgan fingerprint density at radius 2 is 2.00 bits per heavy atom. The largest absolute Gasteiger partial charge is 0.193 e. The molecule has 1 nitrogen and oxygen atoms in total. The molecule has 0 saturated heterocycles. The summed E-state index contributed by atoms with van der Waals surface area (Å²) >= 11 is 0. The fraction of sp³-hybridized carbons (Fsp3) is 0.625. The second-order valence-corrected chi connectivity index (χ2v) is 2.34. The third-order valence-corrected chi connectivity index (χ3v) is 1.24. The van der Waals surface area contributed by atoms with E-state index >= 15 is 0 Å². The normalized spacial score (nSPS) is 8.22. The molecule has 0 amide bonds. The molecule has 0 aromatic heterocycles. The SMILES string of the molecule is CCCC(C#N)=C(C)C. The van der Waals surface area contributed by atoms with E-state index in [1.54, 1.807) is 0 Å². The zero-order valence-corrected chi connectivity index (χ0v) is 6.36. The monoisotopic (exact) mass is 123 g/mol. The molecule has 0 fully saturated rings. The van der Waals surface area contributed by atoms with Crippen molar-refractivity contribution in [3.63, 3.8) is 0 Å². The van der Waals surface area contributed by atoms with Gasteiger partial charge in [0.15, 0.2) is 0 Å². The van der Waals surface area contributed by atoms with Crippen molar-refractivity contribution in [2.24, 2.45) is 0 Å². The van der Waals surface area contributed by atoms with Gasteiger partial charge in [-0.3, -0.25) is 0 Å². The van der Waals surface area contributed by atoms with Crippen molar-refractivity contribution >= 4 is 0 Å². The lowest BCUT2D eigenvalue weighted by Crippen LogP contribution is -1.80. The molecule has 0 aliphatic heterocycles. The molecule has 0 saturated carbocycles. The number of nitrogens with zero attached hydrogens (tertiary/aromatic N) is 1. The maximum absolute atomic E-state index is 8.52. The first-order valence-electron chi connectivity index (χ1n) is 3.28. The van der Waals surface area contributed by atoms with E-state index in [0.29, 0.717) is 0 Å². The van der Waals surface area contributed by atoms with E-state index in [2.05, 4.69) is 13.0 Å². The highest BCUT2D eigenvalue weighted by molar-refractivity contribution is 5.24. The quantitative estimate of drug-likeness (QED) is 0.518. The Morgan fingerprint density at radius 1 is 1.44 bits per heavy atom. The van der Waals surface area contributed by atoms with Crippen LogP contribution in [0, 0.1) is 11.3 Å². The zero-order valence-electron chi connectivity index (χ0n) is 6.36. The third kappa shape index (κ3) is 2.92. The fourth-order valence-corrected chi connectivity index (χ4v) is 0.668. The van der Waals surface area contributed by atoms with E-state index in [-0.39, 0.29) is 0 Å². The number of allylic oxidation sites excluding steroid dienone is 2. The minimum absolute atomic E-state index is 0.929. The molecule has 0 spiro atoms. The maximum atomic E-state index is 8.52. The Kier molecular flexibility index (Phi) is 3.79. The van der Waals surface area contributed by atoms with Crippen molar-refractivity contribution in [1.82, 2.24) is 0 Å². The fourth-order valence-electron chi connectivity index (χ4n) is 0.668. The second kappa shape index (κ2) is 4.14. The molecule has 0 N–H and O–H groups in total. The van der Waals surface area contributed by atoms with Crippen molar-refractivity contribution in [3.8, 4) is 6.07 Å². The Hall–Kier alpha value is -0.770. The first kappa shape index (κ1) is 8.23. The van der Waals surface area contributed by atoms with Crippen molar-refractivity contribution in [3.05, 3.63) is 11.1 Å². The zero-order chi connectivity index (χ0) is 7.28. The standard InChI is InChI=1S/C8H13N/c1-4-5-8(6-9)7(2)3/h4-5H2,1-3H3. The van der Waals surface area contributed by atoms with E-state index < -0.39 is 0 Å². The number of hydrogen-bond acceptors (Lipinski definition) is 1. The second-order valence-electron chi connectivity index (χ2n) is 2.34. The number of rotatable bonds is 2. The average Bonchev–Trinajstić information content (AvgIpc) is 1.82. The van der Waals surface area contributed by atoms with Crippen LogP contribution in [-0.2, 0) is 0 Å². The highest BCUT2D eigenvalue weighted by atomic mass is 14.2. The van der Waals surface area contributed by atoms with Crippen LogP contribution in [0.5, 0.6) is 0 Å². The molecular formula is C8H13N. The molecule has 0 aliphatic rings. The molecule has 0 radical (unpaired) electrons. The van der Waals surface area contributed by atoms with Gasteiger partial charge in [0, 0.05) is 5.57 Å². The summed E-state index contributed by atoms with van der Waals surface area (Å²) in [7, 11) is 0. The minimum Gasteiger partial charge on any atom is -0.193 e. The van der Waals surface area contributed by atoms with Crippen LogP contribution in [0.25, 0.3) is 0 Å². The molecule has 0 aromatic rings. The van der Waals surface area contributed by atoms with Gasteiger partial charge in [-0.15, -0.1) is 0 Å². The van der Waals surface area contributed by atoms with Crippen molar-refractivity contribution in [2.45, 2.75) is 33.6 Å². The molecule has 0 rings (SSSR count). The van der Waals surface area contributed by atoms with Gasteiger partial charge in [-0.2, -0.15) is 5.26 Å². The van der Waals surface area contributed by atoms with Gasteiger partial charge in [0.1, 0.15) is 0 Å². The lowest BCUT2D eigenvalue weighted by Gasteiger charge is -1.95. The highest BCUT2D eigenvalue weighted by Crippen LogP contribution is 2.08. The van der Waals surface area contributed by atoms with Gasteiger partial charge in [-0.1, -0.05) is 18.9 Å². The molecule has 0 heterocycles. The Bertz CT molecular complexity index is 144. The van der Waals surface area contributed by atoms with Gasteiger partial charge in [0.2, 0.25) is 0 Å². The van der Waals surface area contributed by atoms with E-state index in [1.165, 1.54) is 0 Å². The Labute approximate surface area is 57.0 Å². The molecule has 50 valence electrons. The minimum atomic E-state index is 0.929. The molecule has 0 bridgehead atoms. The first-order chi connectivity index (χ1) is 4.22. The van der Waals surface area contributed by atoms with E-state index in [4.69, 9.17) is 5.26 Å². The van der Waals surface area contributed by atoms with Crippen LogP contribution in [0.2, 0.25) is 0 Å². The molecule has 9 heavy (non-hydrogen) atoms. The highest BCUT2D eigenvalue weighted by Gasteiger charge is 1.93. The molecule has 0 aromatic carbocycles. The van der Waals surface area contributed by atoms with Crippen LogP contribution in [0.4, 0.5) is 0 Å². The van der Waals surface area contributed by atoms with Crippen LogP contribution in [0.15, 0.2) is 11.1 Å². The summed E-state index contributed by atoms with van der Waals surface area (Å²) in [5.74, 6) is 0. The summed E-state index contributed by atoms with van der Waals surface area (Å²) < 4.78 is 0. The van der Waals surface area contributed by atoms with Gasteiger partial charge in [0.25, 0.3) is 0 Å². The van der Waals surface area contributed by atoms with Crippen LogP contribution in [0.3, 0.4) is 0 Å². The van der Waals surface area contributed by atoms with Crippen LogP contribution >= 0.6 is 0 Å². The van der Waals surface area contributed by atoms with Crippen molar-refractivity contribution < 1.29 is 0 Å². The van der Waals surface area contributed by atoms with E-state index in [9.17, 15) is 0 Å². The van der Waals surface area contributed by atoms with Gasteiger partial charge in [-0.05, 0) is 20.3 Å². The lowest BCUT2D eigenvalue weighted by atomic mass is 10.1. The van der Waals surface area contributed by atoms with Gasteiger partial charge in [-0.25, -0.2) is 0 Å². The van der Waals surface area contributed by atoms with E-state index in [1.807, 2.05) is 13.8 Å². The van der Waals surface area contributed by atoms with Gasteiger partial charge >= 0.3 is 0 Å². The third-order valence-electron chi connectivity index (χ3n) is 1.24. The Morgan fingerprint density at radius 3 is 2.11 bits per heavy atom. The van der Waals surface area contributed by atoms with Crippen LogP contribution in [0.1, 0.15) is 33.6 Å². The van der Waals surface area contributed by atoms with E-state index in [0.717, 1.165) is 24.0 Å². The van der Waals surface area contributed by atoms with Crippen LogP contribution in [-0.4, -0.2) is 0 Å². The summed E-state index contributed by atoms with van der Waals surface area (Å²) in [5, 5.41) is 8.52. The number of nitriles is 1. The predicted molar refractivity (Wildman–Crippen MR) is 38.9 cm³/mol. The summed E-state index contributed by atoms with van der Waals surface area (Å²) in [4.78, 5) is 0. The topological polar surface area (TPSA) is 23.8 Å². The van der Waals surface area contributed by atoms with Gasteiger partial charge in [0.05, 0.1) is 6.07 Å². The van der Waals surface area contributed by atoms with Crippen LogP contribution < -0.4 is 0 Å². The average molecular weight is 123 g/mol. The lowest BCUT2D eigenvalue weighted by molar-refractivity contribution is 0.916. The molecule has 1 heteroatoms. The number of hydrogen-bond donors (Lipinski definition) is 0. The molecule has 0 atom stereocenters. The predicted octanol–water partition coefficient (Wildman–Crippen LogP) is 2.65. The Balaban J connectivity index is 4.04. The van der Waals surface area contributed by atoms with Gasteiger partial charge < -0.3 is 0 Å². The summed E-state index contributed by atoms with van der Waals surface area (Å²) in [5.41, 5.74) is 2.09. The molecule has 0 unspecified atom stereocenters.